The third-order valence-corrected chi connectivity index (χ3v) is 5.78. The first-order valence-corrected chi connectivity index (χ1v) is 8.58. The highest BCUT2D eigenvalue weighted by Crippen LogP contribution is 2.45. The monoisotopic (exact) mass is 303 g/mol. The van der Waals surface area contributed by atoms with Crippen LogP contribution in [-0.2, 0) is 10.2 Å². The number of hydrogen-bond acceptors (Lipinski definition) is 1. The zero-order valence-electron chi connectivity index (χ0n) is 13.6. The Labute approximate surface area is 132 Å². The van der Waals surface area contributed by atoms with Crippen molar-refractivity contribution in [3.63, 3.8) is 0 Å². The molecule has 2 nitrogen and oxygen atoms in total. The van der Waals surface area contributed by atoms with Gasteiger partial charge in [0.1, 0.15) is 5.82 Å². The number of likely N-dealkylation sites (tertiary alicyclic amines) is 1. The normalized spacial score (nSPS) is 21.7. The maximum atomic E-state index is 13.2. The Morgan fingerprint density at radius 3 is 2.23 bits per heavy atom. The molecule has 0 atom stereocenters. The SMILES string of the molecule is CC(C)C1CCN(C(=O)C2(c3ccc(F)cc3)CCC2)CC1. The van der Waals surface area contributed by atoms with E-state index >= 15 is 0 Å². The molecule has 0 aromatic heterocycles. The summed E-state index contributed by atoms with van der Waals surface area (Å²) >= 11 is 0. The fourth-order valence-corrected chi connectivity index (χ4v) is 4.00. The molecule has 1 amide bonds. The highest BCUT2D eigenvalue weighted by Gasteiger charge is 2.48. The maximum absolute atomic E-state index is 13.2. The van der Waals surface area contributed by atoms with Crippen molar-refractivity contribution in [2.24, 2.45) is 11.8 Å². The molecular formula is C19H26FNO. The number of carbonyl (C=O) groups excluding carboxylic acids is 1. The van der Waals surface area contributed by atoms with Crippen molar-refractivity contribution >= 4 is 5.91 Å². The van der Waals surface area contributed by atoms with Crippen LogP contribution in [0.25, 0.3) is 0 Å². The van der Waals surface area contributed by atoms with Crippen LogP contribution in [-0.4, -0.2) is 23.9 Å². The first-order valence-electron chi connectivity index (χ1n) is 8.58. The average Bonchev–Trinajstić information content (AvgIpc) is 2.48. The standard InChI is InChI=1S/C19H26FNO/c1-14(2)15-8-12-21(13-9-15)18(22)19(10-3-11-19)16-4-6-17(20)7-5-16/h4-7,14-15H,3,8-13H2,1-2H3. The number of hydrogen-bond donors (Lipinski definition) is 0. The Kier molecular flexibility index (Phi) is 4.24. The molecule has 0 bridgehead atoms. The molecule has 1 saturated carbocycles. The van der Waals surface area contributed by atoms with Crippen LogP contribution in [0, 0.1) is 17.7 Å². The summed E-state index contributed by atoms with van der Waals surface area (Å²) in [6, 6.07) is 6.56. The molecule has 1 heterocycles. The van der Waals surface area contributed by atoms with E-state index in [0.29, 0.717) is 5.92 Å². The molecule has 0 radical (unpaired) electrons. The number of rotatable bonds is 3. The molecular weight excluding hydrogens is 277 g/mol. The Bertz CT molecular complexity index is 525. The summed E-state index contributed by atoms with van der Waals surface area (Å²) in [5, 5.41) is 0. The molecule has 120 valence electrons. The second-order valence-corrected chi connectivity index (χ2v) is 7.32. The van der Waals surface area contributed by atoms with Crippen LogP contribution in [0.3, 0.4) is 0 Å². The minimum absolute atomic E-state index is 0.233. The molecule has 3 heteroatoms. The molecule has 22 heavy (non-hydrogen) atoms. The molecule has 1 saturated heterocycles. The van der Waals surface area contributed by atoms with Gasteiger partial charge in [-0.3, -0.25) is 4.79 Å². The fraction of sp³-hybridized carbons (Fsp3) is 0.632. The van der Waals surface area contributed by atoms with E-state index in [1.807, 2.05) is 0 Å². The molecule has 1 aliphatic heterocycles. The van der Waals surface area contributed by atoms with Crippen molar-refractivity contribution < 1.29 is 9.18 Å². The van der Waals surface area contributed by atoms with Gasteiger partial charge in [-0.15, -0.1) is 0 Å². The molecule has 2 fully saturated rings. The van der Waals surface area contributed by atoms with Crippen molar-refractivity contribution in [3.05, 3.63) is 35.6 Å². The summed E-state index contributed by atoms with van der Waals surface area (Å²) in [5.41, 5.74) is 0.620. The second-order valence-electron chi connectivity index (χ2n) is 7.32. The summed E-state index contributed by atoms with van der Waals surface area (Å²) < 4.78 is 13.2. The smallest absolute Gasteiger partial charge is 0.233 e. The number of halogens is 1. The Hall–Kier alpha value is -1.38. The predicted molar refractivity (Wildman–Crippen MR) is 86.1 cm³/mol. The van der Waals surface area contributed by atoms with Crippen molar-refractivity contribution in [1.29, 1.82) is 0 Å². The van der Waals surface area contributed by atoms with Gasteiger partial charge in [0.25, 0.3) is 0 Å². The number of carbonyl (C=O) groups is 1. The van der Waals surface area contributed by atoms with E-state index in [4.69, 9.17) is 0 Å². The lowest BCUT2D eigenvalue weighted by molar-refractivity contribution is -0.142. The van der Waals surface area contributed by atoms with Gasteiger partial charge in [-0.1, -0.05) is 32.4 Å². The highest BCUT2D eigenvalue weighted by molar-refractivity contribution is 5.89. The molecule has 0 unspecified atom stereocenters. The van der Waals surface area contributed by atoms with Gasteiger partial charge in [-0.25, -0.2) is 4.39 Å². The number of benzene rings is 1. The van der Waals surface area contributed by atoms with Crippen LogP contribution in [0.2, 0.25) is 0 Å². The Morgan fingerprint density at radius 2 is 1.77 bits per heavy atom. The molecule has 1 aromatic rings. The van der Waals surface area contributed by atoms with Crippen LogP contribution in [0.4, 0.5) is 4.39 Å². The summed E-state index contributed by atoms with van der Waals surface area (Å²) in [6.07, 6.45) is 5.13. The van der Waals surface area contributed by atoms with Gasteiger partial charge in [0.15, 0.2) is 0 Å². The zero-order chi connectivity index (χ0) is 15.7. The quantitative estimate of drug-likeness (QED) is 0.821. The Morgan fingerprint density at radius 1 is 1.18 bits per heavy atom. The first-order chi connectivity index (χ1) is 10.5. The molecule has 0 N–H and O–H groups in total. The fourth-order valence-electron chi connectivity index (χ4n) is 4.00. The molecule has 1 aromatic carbocycles. The van der Waals surface area contributed by atoms with Gasteiger partial charge < -0.3 is 4.90 Å². The lowest BCUT2D eigenvalue weighted by Crippen LogP contribution is -2.53. The lowest BCUT2D eigenvalue weighted by Gasteiger charge is -2.46. The van der Waals surface area contributed by atoms with Crippen molar-refractivity contribution in [2.75, 3.05) is 13.1 Å². The van der Waals surface area contributed by atoms with Crippen LogP contribution in [0.15, 0.2) is 24.3 Å². The zero-order valence-corrected chi connectivity index (χ0v) is 13.6. The summed E-state index contributed by atoms with van der Waals surface area (Å²) in [7, 11) is 0. The lowest BCUT2D eigenvalue weighted by atomic mass is 9.63. The van der Waals surface area contributed by atoms with Gasteiger partial charge in [0.2, 0.25) is 5.91 Å². The number of piperidine rings is 1. The van der Waals surface area contributed by atoms with Crippen LogP contribution in [0.5, 0.6) is 0 Å². The number of nitrogens with zero attached hydrogens (tertiary/aromatic N) is 1. The average molecular weight is 303 g/mol. The van der Waals surface area contributed by atoms with Gasteiger partial charge >= 0.3 is 0 Å². The molecule has 1 aliphatic carbocycles. The van der Waals surface area contributed by atoms with Crippen LogP contribution in [0.1, 0.15) is 51.5 Å². The van der Waals surface area contributed by atoms with Gasteiger partial charge in [-0.2, -0.15) is 0 Å². The summed E-state index contributed by atoms with van der Waals surface area (Å²) in [4.78, 5) is 15.2. The minimum Gasteiger partial charge on any atom is -0.342 e. The predicted octanol–water partition coefficient (Wildman–Crippen LogP) is 4.14. The van der Waals surface area contributed by atoms with E-state index in [1.165, 1.54) is 12.1 Å². The Balaban J connectivity index is 1.74. The van der Waals surface area contributed by atoms with Crippen molar-refractivity contribution in [3.8, 4) is 0 Å². The summed E-state index contributed by atoms with van der Waals surface area (Å²) in [5.74, 6) is 1.48. The van der Waals surface area contributed by atoms with E-state index in [2.05, 4.69) is 18.7 Å². The van der Waals surface area contributed by atoms with Crippen LogP contribution >= 0.6 is 0 Å². The minimum atomic E-state index is -0.377. The molecule has 3 rings (SSSR count). The van der Waals surface area contributed by atoms with Gasteiger partial charge in [-0.05, 0) is 55.2 Å². The third-order valence-electron chi connectivity index (χ3n) is 5.78. The second kappa shape index (κ2) is 6.02. The highest BCUT2D eigenvalue weighted by atomic mass is 19.1. The third kappa shape index (κ3) is 2.66. The molecule has 0 spiro atoms. The molecule has 2 aliphatic rings. The first kappa shape index (κ1) is 15.5. The number of amides is 1. The van der Waals surface area contributed by atoms with E-state index in [1.54, 1.807) is 12.1 Å². The van der Waals surface area contributed by atoms with Crippen molar-refractivity contribution in [1.82, 2.24) is 4.90 Å². The maximum Gasteiger partial charge on any atom is 0.233 e. The van der Waals surface area contributed by atoms with Gasteiger partial charge in [0, 0.05) is 13.1 Å². The van der Waals surface area contributed by atoms with E-state index in [9.17, 15) is 9.18 Å². The summed E-state index contributed by atoms with van der Waals surface area (Å²) in [6.45, 7) is 6.30. The van der Waals surface area contributed by atoms with E-state index in [-0.39, 0.29) is 17.1 Å². The van der Waals surface area contributed by atoms with E-state index in [0.717, 1.165) is 56.7 Å². The van der Waals surface area contributed by atoms with Crippen LogP contribution < -0.4 is 0 Å². The largest absolute Gasteiger partial charge is 0.342 e. The topological polar surface area (TPSA) is 20.3 Å². The van der Waals surface area contributed by atoms with Gasteiger partial charge in [0.05, 0.1) is 5.41 Å². The van der Waals surface area contributed by atoms with Crippen molar-refractivity contribution in [2.45, 2.75) is 51.4 Å². The van der Waals surface area contributed by atoms with E-state index < -0.39 is 0 Å².